The van der Waals surface area contributed by atoms with Crippen LogP contribution in [0.5, 0.6) is 0 Å². The molecule has 0 bridgehead atoms. The van der Waals surface area contributed by atoms with Gasteiger partial charge in [0.05, 0.1) is 6.42 Å². The van der Waals surface area contributed by atoms with Crippen molar-refractivity contribution in [2.75, 3.05) is 10.2 Å². The average Bonchev–Trinajstić information content (AvgIpc) is 2.90. The first kappa shape index (κ1) is 18.5. The van der Waals surface area contributed by atoms with Gasteiger partial charge < -0.3 is 11.1 Å². The highest BCUT2D eigenvalue weighted by molar-refractivity contribution is 9.10. The highest BCUT2D eigenvalue weighted by atomic mass is 79.9. The highest BCUT2D eigenvalue weighted by Crippen LogP contribution is 2.37. The molecule has 26 heavy (non-hydrogen) atoms. The fraction of sp³-hybridized carbons (Fsp3) is 0.316. The number of carbonyl (C=O) groups excluding carboxylic acids is 2. The number of rotatable bonds is 5. The quantitative estimate of drug-likeness (QED) is 0.783. The normalized spacial score (nSPS) is 15.7. The number of hydrogen-bond donors (Lipinski definition) is 2. The van der Waals surface area contributed by atoms with Crippen molar-refractivity contribution in [1.29, 1.82) is 0 Å². The molecule has 3 N–H and O–H groups in total. The summed E-state index contributed by atoms with van der Waals surface area (Å²) in [5.41, 5.74) is 6.63. The Kier molecular flexibility index (Phi) is 5.11. The summed E-state index contributed by atoms with van der Waals surface area (Å²) < 4.78 is 0.885. The Morgan fingerprint density at radius 3 is 2.81 bits per heavy atom. The van der Waals surface area contributed by atoms with E-state index in [0.29, 0.717) is 17.9 Å². The maximum Gasteiger partial charge on any atom is 0.266 e. The van der Waals surface area contributed by atoms with Gasteiger partial charge in [-0.25, -0.2) is 4.98 Å². The number of pyridine rings is 1. The van der Waals surface area contributed by atoms with E-state index in [-0.39, 0.29) is 18.2 Å². The molecule has 0 radical (unpaired) electrons. The van der Waals surface area contributed by atoms with Crippen molar-refractivity contribution in [1.82, 2.24) is 4.98 Å². The van der Waals surface area contributed by atoms with Crippen molar-refractivity contribution in [3.63, 3.8) is 0 Å². The molecule has 1 atom stereocenters. The van der Waals surface area contributed by atoms with E-state index in [2.05, 4.69) is 26.2 Å². The molecule has 2 amide bonds. The van der Waals surface area contributed by atoms with Gasteiger partial charge in [-0.1, -0.05) is 35.8 Å². The zero-order valence-electron chi connectivity index (χ0n) is 14.7. The van der Waals surface area contributed by atoms with Crippen LogP contribution in [0, 0.1) is 5.92 Å². The first-order chi connectivity index (χ1) is 12.3. The standard InChI is InChI=1S/C19H21BrN4O2/c1-12(2)11-19(21,18(26)23-16-5-3-4-8-22-16)24-15-7-6-14(20)9-13(15)10-17(24)25/h3-9,12H,10-11,21H2,1-2H3,(H,22,23,26). The van der Waals surface area contributed by atoms with Crippen molar-refractivity contribution >= 4 is 39.2 Å². The lowest BCUT2D eigenvalue weighted by Gasteiger charge is -2.38. The van der Waals surface area contributed by atoms with E-state index in [1.54, 1.807) is 24.4 Å². The van der Waals surface area contributed by atoms with Crippen molar-refractivity contribution < 1.29 is 9.59 Å². The van der Waals surface area contributed by atoms with Crippen LogP contribution in [0.2, 0.25) is 0 Å². The molecule has 0 saturated carbocycles. The zero-order chi connectivity index (χ0) is 18.9. The molecular formula is C19H21BrN4O2. The van der Waals surface area contributed by atoms with Gasteiger partial charge in [-0.2, -0.15) is 0 Å². The fourth-order valence-electron chi connectivity index (χ4n) is 3.30. The lowest BCUT2D eigenvalue weighted by atomic mass is 9.95. The highest BCUT2D eigenvalue weighted by Gasteiger charge is 2.47. The first-order valence-electron chi connectivity index (χ1n) is 8.44. The van der Waals surface area contributed by atoms with Gasteiger partial charge in [0.2, 0.25) is 5.91 Å². The number of nitrogens with zero attached hydrogens (tertiary/aromatic N) is 2. The summed E-state index contributed by atoms with van der Waals surface area (Å²) in [6, 6.07) is 10.8. The Balaban J connectivity index is 2.00. The Morgan fingerprint density at radius 1 is 1.38 bits per heavy atom. The van der Waals surface area contributed by atoms with Crippen LogP contribution >= 0.6 is 15.9 Å². The number of benzene rings is 1. The van der Waals surface area contributed by atoms with Crippen molar-refractivity contribution in [3.05, 3.63) is 52.6 Å². The lowest BCUT2D eigenvalue weighted by Crippen LogP contribution is -2.65. The van der Waals surface area contributed by atoms with Gasteiger partial charge in [0.15, 0.2) is 5.66 Å². The Labute approximate surface area is 160 Å². The summed E-state index contributed by atoms with van der Waals surface area (Å²) in [6.45, 7) is 3.94. The van der Waals surface area contributed by atoms with Crippen molar-refractivity contribution in [2.45, 2.75) is 32.4 Å². The number of carbonyl (C=O) groups is 2. The molecule has 7 heteroatoms. The summed E-state index contributed by atoms with van der Waals surface area (Å²) >= 11 is 3.42. The van der Waals surface area contributed by atoms with E-state index in [4.69, 9.17) is 5.73 Å². The molecule has 1 aliphatic rings. The topological polar surface area (TPSA) is 88.3 Å². The van der Waals surface area contributed by atoms with Gasteiger partial charge in [0.25, 0.3) is 5.91 Å². The molecule has 0 aliphatic carbocycles. The van der Waals surface area contributed by atoms with Gasteiger partial charge >= 0.3 is 0 Å². The molecule has 0 saturated heterocycles. The number of nitrogens with one attached hydrogen (secondary N) is 1. The third-order valence-corrected chi connectivity index (χ3v) is 4.78. The number of anilines is 2. The molecule has 1 aromatic heterocycles. The molecule has 1 aromatic carbocycles. The first-order valence-corrected chi connectivity index (χ1v) is 9.23. The Morgan fingerprint density at radius 2 is 2.15 bits per heavy atom. The molecule has 2 heterocycles. The lowest BCUT2D eigenvalue weighted by molar-refractivity contribution is -0.126. The summed E-state index contributed by atoms with van der Waals surface area (Å²) in [7, 11) is 0. The largest absolute Gasteiger partial charge is 0.307 e. The second-order valence-electron chi connectivity index (χ2n) is 6.87. The number of hydrogen-bond acceptors (Lipinski definition) is 4. The van der Waals surface area contributed by atoms with E-state index in [1.807, 2.05) is 32.0 Å². The minimum Gasteiger partial charge on any atom is -0.307 e. The van der Waals surface area contributed by atoms with Crippen LogP contribution < -0.4 is 16.0 Å². The number of halogens is 1. The number of amides is 2. The Hall–Kier alpha value is -2.25. The number of fused-ring (bicyclic) bond motifs is 1. The average molecular weight is 417 g/mol. The molecule has 1 unspecified atom stereocenters. The fourth-order valence-corrected chi connectivity index (χ4v) is 3.71. The monoisotopic (exact) mass is 416 g/mol. The molecule has 0 fully saturated rings. The molecule has 0 spiro atoms. The van der Waals surface area contributed by atoms with Gasteiger partial charge in [0.1, 0.15) is 5.82 Å². The summed E-state index contributed by atoms with van der Waals surface area (Å²) in [5.74, 6) is -0.119. The van der Waals surface area contributed by atoms with Crippen molar-refractivity contribution in [2.24, 2.45) is 11.7 Å². The van der Waals surface area contributed by atoms with E-state index in [0.717, 1.165) is 10.0 Å². The Bertz CT molecular complexity index is 841. The van der Waals surface area contributed by atoms with Gasteiger partial charge in [-0.15, -0.1) is 0 Å². The SMILES string of the molecule is CC(C)CC(N)(C(=O)Nc1ccccn1)N1C(=O)Cc2cc(Br)ccc21. The van der Waals surface area contributed by atoms with E-state index >= 15 is 0 Å². The second-order valence-corrected chi connectivity index (χ2v) is 7.79. The molecule has 3 rings (SSSR count). The minimum atomic E-state index is -1.50. The minimum absolute atomic E-state index is 0.113. The van der Waals surface area contributed by atoms with Gasteiger partial charge in [0, 0.05) is 16.4 Å². The maximum atomic E-state index is 13.1. The number of aromatic nitrogens is 1. The van der Waals surface area contributed by atoms with Crippen LogP contribution in [-0.4, -0.2) is 22.5 Å². The molecular weight excluding hydrogens is 396 g/mol. The molecule has 6 nitrogen and oxygen atoms in total. The maximum absolute atomic E-state index is 13.1. The van der Waals surface area contributed by atoms with Crippen LogP contribution in [0.3, 0.4) is 0 Å². The smallest absolute Gasteiger partial charge is 0.266 e. The van der Waals surface area contributed by atoms with Gasteiger partial charge in [-0.05, 0) is 48.2 Å². The third kappa shape index (κ3) is 3.50. The van der Waals surface area contributed by atoms with E-state index in [1.165, 1.54) is 4.90 Å². The van der Waals surface area contributed by atoms with Crippen LogP contribution in [0.25, 0.3) is 0 Å². The van der Waals surface area contributed by atoms with Gasteiger partial charge in [-0.3, -0.25) is 14.5 Å². The summed E-state index contributed by atoms with van der Waals surface area (Å²) in [4.78, 5) is 31.4. The van der Waals surface area contributed by atoms with Crippen LogP contribution in [0.15, 0.2) is 47.1 Å². The van der Waals surface area contributed by atoms with E-state index in [9.17, 15) is 9.59 Å². The second kappa shape index (κ2) is 7.17. The number of nitrogens with two attached hydrogens (primary N) is 1. The zero-order valence-corrected chi connectivity index (χ0v) is 16.3. The van der Waals surface area contributed by atoms with E-state index < -0.39 is 11.6 Å². The predicted octanol–water partition coefficient (Wildman–Crippen LogP) is 3.07. The third-order valence-electron chi connectivity index (χ3n) is 4.29. The summed E-state index contributed by atoms with van der Waals surface area (Å²) in [6.07, 6.45) is 2.14. The van der Waals surface area contributed by atoms with Crippen LogP contribution in [0.1, 0.15) is 25.8 Å². The predicted molar refractivity (Wildman–Crippen MR) is 105 cm³/mol. The van der Waals surface area contributed by atoms with Crippen LogP contribution in [0.4, 0.5) is 11.5 Å². The van der Waals surface area contributed by atoms with Crippen molar-refractivity contribution in [3.8, 4) is 0 Å². The molecule has 2 aromatic rings. The van der Waals surface area contributed by atoms with Crippen LogP contribution in [-0.2, 0) is 16.0 Å². The summed E-state index contributed by atoms with van der Waals surface area (Å²) in [5, 5.41) is 2.75. The molecule has 136 valence electrons. The molecule has 1 aliphatic heterocycles.